The molecule has 0 rings (SSSR count). The summed E-state index contributed by atoms with van der Waals surface area (Å²) in [5.74, 6) is 0. The summed E-state index contributed by atoms with van der Waals surface area (Å²) in [4.78, 5) is 0. The van der Waals surface area contributed by atoms with E-state index in [9.17, 15) is 0 Å². The summed E-state index contributed by atoms with van der Waals surface area (Å²) in [6.07, 6.45) is -5.40. The largest absolute Gasteiger partial charge is 0.394 e. The van der Waals surface area contributed by atoms with E-state index in [2.05, 4.69) is 0 Å². The van der Waals surface area contributed by atoms with Gasteiger partial charge in [0.1, 0.15) is 18.3 Å². The molecule has 0 radical (unpaired) electrons. The van der Waals surface area contributed by atoms with Crippen LogP contribution in [0.4, 0.5) is 0 Å². The van der Waals surface area contributed by atoms with Crippen molar-refractivity contribution in [3.63, 3.8) is 0 Å². The fourth-order valence-electron chi connectivity index (χ4n) is 0.708. The van der Waals surface area contributed by atoms with Gasteiger partial charge >= 0.3 is 0 Å². The monoisotopic (exact) mass is 197 g/mol. The highest BCUT2D eigenvalue weighted by Gasteiger charge is 2.38. The van der Waals surface area contributed by atoms with Gasteiger partial charge in [0.15, 0.2) is 5.72 Å². The van der Waals surface area contributed by atoms with Gasteiger partial charge < -0.3 is 30.6 Å². The number of aliphatic hydroxyl groups is 6. The van der Waals surface area contributed by atoms with Gasteiger partial charge in [0.05, 0.1) is 13.2 Å². The molecule has 8 N–H and O–H groups in total. The summed E-state index contributed by atoms with van der Waals surface area (Å²) in [5, 5.41) is 52.9. The Morgan fingerprint density at radius 2 is 1.62 bits per heavy atom. The zero-order valence-electron chi connectivity index (χ0n) is 6.91. The van der Waals surface area contributed by atoms with Crippen molar-refractivity contribution >= 4 is 0 Å². The highest BCUT2D eigenvalue weighted by molar-refractivity contribution is 4.88. The fourth-order valence-corrected chi connectivity index (χ4v) is 0.708. The van der Waals surface area contributed by atoms with E-state index in [1.807, 2.05) is 0 Å². The van der Waals surface area contributed by atoms with E-state index in [4.69, 9.17) is 36.4 Å². The molecule has 0 aromatic rings. The summed E-state index contributed by atoms with van der Waals surface area (Å²) < 4.78 is 0. The average molecular weight is 197 g/mol. The fraction of sp³-hybridized carbons (Fsp3) is 1.00. The van der Waals surface area contributed by atoms with Crippen LogP contribution in [0.15, 0.2) is 0 Å². The van der Waals surface area contributed by atoms with Crippen molar-refractivity contribution in [2.75, 3.05) is 13.2 Å². The van der Waals surface area contributed by atoms with Gasteiger partial charge in [-0.05, 0) is 0 Å². The second-order valence-electron chi connectivity index (χ2n) is 2.83. The molecule has 7 heteroatoms. The van der Waals surface area contributed by atoms with Crippen LogP contribution < -0.4 is 5.73 Å². The van der Waals surface area contributed by atoms with Crippen molar-refractivity contribution < 1.29 is 30.6 Å². The maximum absolute atomic E-state index is 9.09. The molecule has 0 amide bonds. The Morgan fingerprint density at radius 3 is 1.92 bits per heavy atom. The number of rotatable bonds is 5. The summed E-state index contributed by atoms with van der Waals surface area (Å²) in [6, 6.07) is 0. The number of hydrogen-bond donors (Lipinski definition) is 7. The van der Waals surface area contributed by atoms with Gasteiger partial charge in [-0.15, -0.1) is 0 Å². The number of hydrogen-bond acceptors (Lipinski definition) is 7. The van der Waals surface area contributed by atoms with Crippen LogP contribution in [-0.2, 0) is 0 Å². The lowest BCUT2D eigenvalue weighted by molar-refractivity contribution is -0.169. The van der Waals surface area contributed by atoms with Gasteiger partial charge in [-0.3, -0.25) is 5.73 Å². The molecule has 0 saturated heterocycles. The van der Waals surface area contributed by atoms with E-state index < -0.39 is 37.3 Å². The van der Waals surface area contributed by atoms with Crippen molar-refractivity contribution in [3.8, 4) is 0 Å². The molecule has 0 fully saturated rings. The lowest BCUT2D eigenvalue weighted by atomic mass is 9.99. The molecule has 0 aromatic heterocycles. The Hall–Kier alpha value is -0.280. The predicted molar refractivity (Wildman–Crippen MR) is 41.3 cm³/mol. The van der Waals surface area contributed by atoms with Crippen molar-refractivity contribution in [1.29, 1.82) is 0 Å². The van der Waals surface area contributed by atoms with Crippen LogP contribution in [0, 0.1) is 0 Å². The molecule has 0 unspecified atom stereocenters. The SMILES string of the molecule is N[C@@](O)(CO)[C@@H](O)[C@H](O)[C@@H](O)CO. The van der Waals surface area contributed by atoms with Gasteiger partial charge in [0, 0.05) is 0 Å². The lowest BCUT2D eigenvalue weighted by Gasteiger charge is -2.31. The van der Waals surface area contributed by atoms with Gasteiger partial charge in [-0.2, -0.15) is 0 Å². The van der Waals surface area contributed by atoms with Crippen LogP contribution in [0.2, 0.25) is 0 Å². The van der Waals surface area contributed by atoms with E-state index in [-0.39, 0.29) is 0 Å². The maximum Gasteiger partial charge on any atom is 0.165 e. The first kappa shape index (κ1) is 12.7. The van der Waals surface area contributed by atoms with Crippen molar-refractivity contribution in [2.45, 2.75) is 24.0 Å². The predicted octanol–water partition coefficient (Wildman–Crippen LogP) is -4.30. The van der Waals surface area contributed by atoms with E-state index in [1.165, 1.54) is 0 Å². The quantitative estimate of drug-likeness (QED) is 0.220. The molecule has 80 valence electrons. The standard InChI is InChI=1S/C6H15NO6/c7-6(13,2-9)5(12)4(11)3(10)1-8/h3-5,8-13H,1-2,7H2/t3-,4+,5-,6+/m0/s1. The molecular weight excluding hydrogens is 182 g/mol. The van der Waals surface area contributed by atoms with E-state index in [0.29, 0.717) is 0 Å². The molecule has 0 aromatic carbocycles. The molecule has 0 heterocycles. The van der Waals surface area contributed by atoms with Gasteiger partial charge in [0.2, 0.25) is 0 Å². The van der Waals surface area contributed by atoms with Gasteiger partial charge in [-0.1, -0.05) is 0 Å². The normalized spacial score (nSPS) is 23.3. The van der Waals surface area contributed by atoms with E-state index >= 15 is 0 Å². The third kappa shape index (κ3) is 3.16. The molecule has 0 saturated carbocycles. The second kappa shape index (κ2) is 4.82. The van der Waals surface area contributed by atoms with Gasteiger partial charge in [-0.25, -0.2) is 0 Å². The molecule has 13 heavy (non-hydrogen) atoms. The minimum absolute atomic E-state index is 0.792. The van der Waals surface area contributed by atoms with Crippen LogP contribution in [0.5, 0.6) is 0 Å². The van der Waals surface area contributed by atoms with Crippen molar-refractivity contribution in [3.05, 3.63) is 0 Å². The van der Waals surface area contributed by atoms with Crippen molar-refractivity contribution in [1.82, 2.24) is 0 Å². The zero-order chi connectivity index (χ0) is 10.6. The van der Waals surface area contributed by atoms with E-state index in [1.54, 1.807) is 0 Å². The molecule has 0 aliphatic carbocycles. The summed E-state index contributed by atoms with van der Waals surface area (Å²) in [6.45, 7) is -1.77. The molecule has 7 nitrogen and oxygen atoms in total. The Labute approximate surface area is 74.7 Å². The zero-order valence-corrected chi connectivity index (χ0v) is 6.91. The molecule has 0 bridgehead atoms. The summed E-state index contributed by atoms with van der Waals surface area (Å²) in [5.41, 5.74) is 2.55. The third-order valence-corrected chi connectivity index (χ3v) is 1.67. The third-order valence-electron chi connectivity index (χ3n) is 1.67. The number of aliphatic hydroxyl groups excluding tert-OH is 5. The van der Waals surface area contributed by atoms with Crippen LogP contribution in [0.3, 0.4) is 0 Å². The van der Waals surface area contributed by atoms with E-state index in [0.717, 1.165) is 0 Å². The second-order valence-corrected chi connectivity index (χ2v) is 2.83. The summed E-state index contributed by atoms with van der Waals surface area (Å²) in [7, 11) is 0. The van der Waals surface area contributed by atoms with Crippen LogP contribution in [-0.4, -0.2) is 67.9 Å². The highest BCUT2D eigenvalue weighted by atomic mass is 16.4. The highest BCUT2D eigenvalue weighted by Crippen LogP contribution is 2.09. The van der Waals surface area contributed by atoms with Crippen LogP contribution >= 0.6 is 0 Å². The minimum Gasteiger partial charge on any atom is -0.394 e. The topological polar surface area (TPSA) is 147 Å². The Bertz CT molecular complexity index is 152. The molecule has 0 spiro atoms. The Kier molecular flexibility index (Phi) is 4.71. The average Bonchev–Trinajstić information content (AvgIpc) is 2.14. The lowest BCUT2D eigenvalue weighted by Crippen LogP contribution is -2.61. The first-order chi connectivity index (χ1) is 5.86. The first-order valence-electron chi connectivity index (χ1n) is 3.64. The molecular formula is C6H15NO6. The summed E-state index contributed by atoms with van der Waals surface area (Å²) >= 11 is 0. The smallest absolute Gasteiger partial charge is 0.165 e. The molecule has 4 atom stereocenters. The molecule has 0 aliphatic heterocycles. The first-order valence-corrected chi connectivity index (χ1v) is 3.64. The maximum atomic E-state index is 9.09. The number of nitrogens with two attached hydrogens (primary N) is 1. The van der Waals surface area contributed by atoms with Crippen molar-refractivity contribution in [2.24, 2.45) is 5.73 Å². The Morgan fingerprint density at radius 1 is 1.15 bits per heavy atom. The molecule has 0 aliphatic rings. The van der Waals surface area contributed by atoms with Crippen LogP contribution in [0.1, 0.15) is 0 Å². The van der Waals surface area contributed by atoms with Gasteiger partial charge in [0.25, 0.3) is 0 Å². The Balaban J connectivity index is 4.32. The van der Waals surface area contributed by atoms with Crippen LogP contribution in [0.25, 0.3) is 0 Å². The minimum atomic E-state index is -2.41.